The number of thiazole rings is 1. The van der Waals surface area contributed by atoms with E-state index >= 15 is 0 Å². The monoisotopic (exact) mass is 350 g/mol. The number of carbonyl (C=O) groups is 2. The van der Waals surface area contributed by atoms with Gasteiger partial charge in [0.15, 0.2) is 10.9 Å². The number of aromatic nitrogens is 1. The number of Topliss-reactive ketones (excluding diaryl/α,β-unsaturated/α-hetero) is 1. The molecule has 0 atom stereocenters. The van der Waals surface area contributed by atoms with Crippen LogP contribution in [0.2, 0.25) is 5.02 Å². The molecule has 0 aliphatic heterocycles. The maximum atomic E-state index is 12.4. The molecule has 3 aromatic rings. The number of fused-ring (bicyclic) bond motifs is 1. The van der Waals surface area contributed by atoms with E-state index in [0.29, 0.717) is 25.6 Å². The number of anilines is 1. The largest absolute Gasteiger partial charge is 0.297 e. The molecule has 1 N–H and O–H groups in total. The number of ketones is 1. The van der Waals surface area contributed by atoms with Crippen molar-refractivity contribution in [3.63, 3.8) is 0 Å². The minimum Gasteiger partial charge on any atom is -0.297 e. The maximum Gasteiger partial charge on any atom is 0.269 e. The Morgan fingerprint density at radius 3 is 2.55 bits per heavy atom. The van der Waals surface area contributed by atoms with Crippen molar-refractivity contribution in [2.75, 3.05) is 5.32 Å². The fourth-order valence-electron chi connectivity index (χ4n) is 2.09. The highest BCUT2D eigenvalue weighted by molar-refractivity contribution is 7.22. The molecule has 1 amide bonds. The maximum absolute atomic E-state index is 12.4. The van der Waals surface area contributed by atoms with E-state index in [9.17, 15) is 9.59 Å². The molecule has 0 bridgehead atoms. The van der Waals surface area contributed by atoms with Crippen LogP contribution in [0.5, 0.6) is 0 Å². The van der Waals surface area contributed by atoms with Gasteiger partial charge in [0, 0.05) is 17.0 Å². The van der Waals surface area contributed by atoms with Gasteiger partial charge >= 0.3 is 0 Å². The Hall–Kier alpha value is -1.76. The van der Waals surface area contributed by atoms with Gasteiger partial charge in [0.1, 0.15) is 4.88 Å². The van der Waals surface area contributed by atoms with Gasteiger partial charge in [-0.05, 0) is 13.0 Å². The zero-order valence-corrected chi connectivity index (χ0v) is 14.2. The number of aryl methyl sites for hydroxylation is 1. The third-order valence-electron chi connectivity index (χ3n) is 3.08. The first-order valence-electron chi connectivity index (χ1n) is 6.44. The molecule has 0 aliphatic carbocycles. The number of rotatable bonds is 3. The number of carbonyl (C=O) groups excluding carboxylic acids is 2. The van der Waals surface area contributed by atoms with Gasteiger partial charge in [0.2, 0.25) is 0 Å². The predicted molar refractivity (Wildman–Crippen MR) is 91.6 cm³/mol. The predicted octanol–water partition coefficient (Wildman–Crippen LogP) is 4.77. The van der Waals surface area contributed by atoms with Gasteiger partial charge in [0.05, 0.1) is 15.6 Å². The summed E-state index contributed by atoms with van der Waals surface area (Å²) in [7, 11) is 0. The molecule has 0 saturated carbocycles. The minimum absolute atomic E-state index is 0.0598. The second-order valence-corrected chi connectivity index (χ2v) is 7.11. The number of nitrogens with one attached hydrogen (secondary N) is 1. The Labute approximate surface area is 139 Å². The van der Waals surface area contributed by atoms with Crippen LogP contribution in [0.15, 0.2) is 24.3 Å². The van der Waals surface area contributed by atoms with Crippen molar-refractivity contribution in [2.24, 2.45) is 0 Å². The smallest absolute Gasteiger partial charge is 0.269 e. The summed E-state index contributed by atoms with van der Waals surface area (Å²) in [4.78, 5) is 29.0. The van der Waals surface area contributed by atoms with Crippen LogP contribution in [0, 0.1) is 6.92 Å². The van der Waals surface area contributed by atoms with Crippen molar-refractivity contribution >= 4 is 61.2 Å². The lowest BCUT2D eigenvalue weighted by molar-refractivity contribution is 0.101. The van der Waals surface area contributed by atoms with Crippen LogP contribution in [0.3, 0.4) is 0 Å². The number of benzene rings is 1. The summed E-state index contributed by atoms with van der Waals surface area (Å²) in [6, 6.07) is 7.59. The van der Waals surface area contributed by atoms with Gasteiger partial charge in [-0.1, -0.05) is 41.1 Å². The number of halogens is 1. The van der Waals surface area contributed by atoms with E-state index in [2.05, 4.69) is 10.3 Å². The molecular weight excluding hydrogens is 340 g/mol. The molecule has 2 heterocycles. The number of hydrogen-bond donors (Lipinski definition) is 1. The first kappa shape index (κ1) is 15.1. The van der Waals surface area contributed by atoms with Crippen molar-refractivity contribution in [3.05, 3.63) is 44.7 Å². The highest BCUT2D eigenvalue weighted by Crippen LogP contribution is 2.35. The third kappa shape index (κ3) is 2.65. The van der Waals surface area contributed by atoms with E-state index in [1.807, 2.05) is 24.3 Å². The Bertz CT molecular complexity index is 898. The van der Waals surface area contributed by atoms with Gasteiger partial charge < -0.3 is 0 Å². The van der Waals surface area contributed by atoms with Gasteiger partial charge in [-0.2, -0.15) is 0 Å². The van der Waals surface area contributed by atoms with E-state index in [4.69, 9.17) is 11.6 Å². The molecule has 0 saturated heterocycles. The lowest BCUT2D eigenvalue weighted by Crippen LogP contribution is -2.10. The van der Waals surface area contributed by atoms with Crippen LogP contribution in [0.1, 0.15) is 32.0 Å². The molecule has 4 nitrogen and oxygen atoms in total. The molecular formula is C15H11ClN2O2S2. The topological polar surface area (TPSA) is 59.1 Å². The molecule has 3 rings (SSSR count). The number of hydrogen-bond acceptors (Lipinski definition) is 5. The Morgan fingerprint density at radius 2 is 1.91 bits per heavy atom. The van der Waals surface area contributed by atoms with E-state index in [0.717, 1.165) is 10.1 Å². The van der Waals surface area contributed by atoms with Crippen LogP contribution < -0.4 is 5.32 Å². The van der Waals surface area contributed by atoms with Crippen molar-refractivity contribution in [2.45, 2.75) is 13.8 Å². The zero-order chi connectivity index (χ0) is 15.9. The minimum atomic E-state index is -0.310. The van der Waals surface area contributed by atoms with Gasteiger partial charge in [-0.3, -0.25) is 14.9 Å². The second-order valence-electron chi connectivity index (χ2n) is 4.69. The standard InChI is InChI=1S/C15H11ClN2O2S2/c1-7-12(8(2)19)22-15(17-7)18-14(20)13-11(16)9-5-3-4-6-10(9)21-13/h3-6H,1-2H3,(H,17,18,20). The Morgan fingerprint density at radius 1 is 1.18 bits per heavy atom. The van der Waals surface area contributed by atoms with E-state index < -0.39 is 0 Å². The Kier molecular flexibility index (Phi) is 3.99. The number of amides is 1. The molecule has 2 aromatic heterocycles. The van der Waals surface area contributed by atoms with Crippen molar-refractivity contribution in [1.82, 2.24) is 4.98 Å². The van der Waals surface area contributed by atoms with E-state index in [1.165, 1.54) is 29.6 Å². The average Bonchev–Trinajstić information content (AvgIpc) is 3.00. The molecule has 0 unspecified atom stereocenters. The van der Waals surface area contributed by atoms with Crippen LogP contribution in [-0.2, 0) is 0 Å². The number of thiophene rings is 1. The lowest BCUT2D eigenvalue weighted by Gasteiger charge is -1.99. The summed E-state index contributed by atoms with van der Waals surface area (Å²) in [5, 5.41) is 4.43. The molecule has 0 spiro atoms. The molecule has 7 heteroatoms. The number of nitrogens with zero attached hydrogens (tertiary/aromatic N) is 1. The summed E-state index contributed by atoms with van der Waals surface area (Å²) >= 11 is 8.79. The van der Waals surface area contributed by atoms with Gasteiger partial charge in [-0.25, -0.2) is 4.98 Å². The summed E-state index contributed by atoms with van der Waals surface area (Å²) < 4.78 is 0.956. The quantitative estimate of drug-likeness (QED) is 0.692. The molecule has 0 aliphatic rings. The van der Waals surface area contributed by atoms with Gasteiger partial charge in [-0.15, -0.1) is 11.3 Å². The van der Waals surface area contributed by atoms with Crippen molar-refractivity contribution < 1.29 is 9.59 Å². The summed E-state index contributed by atoms with van der Waals surface area (Å²) in [5.74, 6) is -0.370. The van der Waals surface area contributed by atoms with E-state index in [-0.39, 0.29) is 11.7 Å². The summed E-state index contributed by atoms with van der Waals surface area (Å²) in [6.07, 6.45) is 0. The zero-order valence-electron chi connectivity index (χ0n) is 11.8. The average molecular weight is 351 g/mol. The molecule has 22 heavy (non-hydrogen) atoms. The van der Waals surface area contributed by atoms with Crippen LogP contribution in [0.4, 0.5) is 5.13 Å². The molecule has 0 radical (unpaired) electrons. The van der Waals surface area contributed by atoms with Crippen LogP contribution in [0.25, 0.3) is 10.1 Å². The molecule has 0 fully saturated rings. The van der Waals surface area contributed by atoms with Crippen molar-refractivity contribution in [3.8, 4) is 0 Å². The lowest BCUT2D eigenvalue weighted by atomic mass is 10.2. The molecule has 1 aromatic carbocycles. The van der Waals surface area contributed by atoms with Gasteiger partial charge in [0.25, 0.3) is 5.91 Å². The van der Waals surface area contributed by atoms with Crippen molar-refractivity contribution in [1.29, 1.82) is 0 Å². The van der Waals surface area contributed by atoms with Crippen LogP contribution >= 0.6 is 34.3 Å². The first-order valence-corrected chi connectivity index (χ1v) is 8.45. The summed E-state index contributed by atoms with van der Waals surface area (Å²) in [6.45, 7) is 3.23. The fourth-order valence-corrected chi connectivity index (χ4v) is 4.36. The SMILES string of the molecule is CC(=O)c1sc(NC(=O)c2sc3ccccc3c2Cl)nc1C. The molecule has 112 valence electrons. The third-order valence-corrected chi connectivity index (χ3v) is 5.93. The first-order chi connectivity index (χ1) is 10.5. The summed E-state index contributed by atoms with van der Waals surface area (Å²) in [5.41, 5.74) is 0.621. The Balaban J connectivity index is 1.92. The highest BCUT2D eigenvalue weighted by atomic mass is 35.5. The normalized spacial score (nSPS) is 10.9. The van der Waals surface area contributed by atoms with Crippen LogP contribution in [-0.4, -0.2) is 16.7 Å². The van der Waals surface area contributed by atoms with E-state index in [1.54, 1.807) is 6.92 Å². The fraction of sp³-hybridized carbons (Fsp3) is 0.133. The highest BCUT2D eigenvalue weighted by Gasteiger charge is 2.19. The second kappa shape index (κ2) is 5.79.